The van der Waals surface area contributed by atoms with Crippen molar-refractivity contribution in [2.24, 2.45) is 0 Å². The molecule has 0 bridgehead atoms. The minimum atomic E-state index is 0.520. The standard InChI is InChI=1S/C17H17NO/c1-12(2)14-4-7-16(8-5-14)19-17-9-6-15(11-18)13(3)10-17/h4-10,12H,1-3H3. The Morgan fingerprint density at radius 3 is 2.16 bits per heavy atom. The molecule has 2 nitrogen and oxygen atoms in total. The quantitative estimate of drug-likeness (QED) is 0.786. The lowest BCUT2D eigenvalue weighted by atomic mass is 10.0. The molecule has 0 aromatic heterocycles. The zero-order chi connectivity index (χ0) is 13.8. The van der Waals surface area contributed by atoms with E-state index in [9.17, 15) is 0 Å². The molecular formula is C17H17NO. The Hall–Kier alpha value is -2.27. The predicted molar refractivity (Wildman–Crippen MR) is 76.5 cm³/mol. The average Bonchev–Trinajstić information content (AvgIpc) is 2.39. The predicted octanol–water partition coefficient (Wildman–Crippen LogP) is 4.78. The largest absolute Gasteiger partial charge is 0.457 e. The van der Waals surface area contributed by atoms with Crippen LogP contribution >= 0.6 is 0 Å². The molecule has 0 heterocycles. The first kappa shape index (κ1) is 13.2. The van der Waals surface area contributed by atoms with Gasteiger partial charge in [0.1, 0.15) is 11.5 Å². The molecule has 2 rings (SSSR count). The zero-order valence-electron chi connectivity index (χ0n) is 11.5. The minimum absolute atomic E-state index is 0.520. The van der Waals surface area contributed by atoms with Gasteiger partial charge in [0.15, 0.2) is 0 Å². The van der Waals surface area contributed by atoms with Gasteiger partial charge in [0, 0.05) is 0 Å². The van der Waals surface area contributed by atoms with Gasteiger partial charge < -0.3 is 4.74 Å². The van der Waals surface area contributed by atoms with Gasteiger partial charge in [0.2, 0.25) is 0 Å². The molecule has 96 valence electrons. The van der Waals surface area contributed by atoms with E-state index >= 15 is 0 Å². The lowest BCUT2D eigenvalue weighted by Crippen LogP contribution is -1.89. The molecule has 0 spiro atoms. The van der Waals surface area contributed by atoms with Crippen LogP contribution < -0.4 is 4.74 Å². The Kier molecular flexibility index (Phi) is 3.87. The van der Waals surface area contributed by atoms with Gasteiger partial charge in [0.05, 0.1) is 11.6 Å². The smallest absolute Gasteiger partial charge is 0.127 e. The highest BCUT2D eigenvalue weighted by Gasteiger charge is 2.03. The minimum Gasteiger partial charge on any atom is -0.457 e. The van der Waals surface area contributed by atoms with Crippen molar-refractivity contribution in [2.75, 3.05) is 0 Å². The second-order valence-corrected chi connectivity index (χ2v) is 4.91. The molecule has 0 atom stereocenters. The van der Waals surface area contributed by atoms with E-state index in [1.165, 1.54) is 5.56 Å². The van der Waals surface area contributed by atoms with Crippen molar-refractivity contribution in [3.63, 3.8) is 0 Å². The highest BCUT2D eigenvalue weighted by atomic mass is 16.5. The summed E-state index contributed by atoms with van der Waals surface area (Å²) in [6.07, 6.45) is 0. The molecule has 2 aromatic carbocycles. The third kappa shape index (κ3) is 3.14. The van der Waals surface area contributed by atoms with Gasteiger partial charge in [-0.05, 0) is 54.3 Å². The first-order valence-corrected chi connectivity index (χ1v) is 6.38. The van der Waals surface area contributed by atoms with Gasteiger partial charge in [0.25, 0.3) is 0 Å². The van der Waals surface area contributed by atoms with E-state index in [-0.39, 0.29) is 0 Å². The molecule has 0 saturated heterocycles. The van der Waals surface area contributed by atoms with Crippen LogP contribution in [-0.2, 0) is 0 Å². The van der Waals surface area contributed by atoms with Crippen molar-refractivity contribution in [1.82, 2.24) is 0 Å². The van der Waals surface area contributed by atoms with Gasteiger partial charge in [-0.15, -0.1) is 0 Å². The van der Waals surface area contributed by atoms with Crippen molar-refractivity contribution < 1.29 is 4.74 Å². The van der Waals surface area contributed by atoms with Crippen LogP contribution in [0.15, 0.2) is 42.5 Å². The summed E-state index contributed by atoms with van der Waals surface area (Å²) in [7, 11) is 0. The summed E-state index contributed by atoms with van der Waals surface area (Å²) >= 11 is 0. The second-order valence-electron chi connectivity index (χ2n) is 4.91. The van der Waals surface area contributed by atoms with E-state index in [2.05, 4.69) is 32.0 Å². The molecule has 0 saturated carbocycles. The molecule has 0 aliphatic carbocycles. The molecule has 0 aliphatic heterocycles. The normalized spacial score (nSPS) is 10.3. The van der Waals surface area contributed by atoms with E-state index in [1.54, 1.807) is 6.07 Å². The van der Waals surface area contributed by atoms with E-state index in [0.717, 1.165) is 17.1 Å². The highest BCUT2D eigenvalue weighted by molar-refractivity contribution is 5.43. The zero-order valence-corrected chi connectivity index (χ0v) is 11.5. The average molecular weight is 251 g/mol. The van der Waals surface area contributed by atoms with Crippen molar-refractivity contribution in [3.05, 3.63) is 59.2 Å². The van der Waals surface area contributed by atoms with E-state index in [1.807, 2.05) is 31.2 Å². The number of aryl methyl sites for hydroxylation is 1. The van der Waals surface area contributed by atoms with Crippen LogP contribution in [0.25, 0.3) is 0 Å². The molecule has 19 heavy (non-hydrogen) atoms. The van der Waals surface area contributed by atoms with Crippen molar-refractivity contribution in [1.29, 1.82) is 5.26 Å². The molecule has 2 heteroatoms. The number of hydrogen-bond acceptors (Lipinski definition) is 2. The third-order valence-electron chi connectivity index (χ3n) is 3.10. The Bertz CT molecular complexity index is 606. The molecular weight excluding hydrogens is 234 g/mol. The lowest BCUT2D eigenvalue weighted by Gasteiger charge is -2.09. The van der Waals surface area contributed by atoms with Crippen LogP contribution in [0.5, 0.6) is 11.5 Å². The van der Waals surface area contributed by atoms with Gasteiger partial charge in [-0.2, -0.15) is 5.26 Å². The monoisotopic (exact) mass is 251 g/mol. The maximum absolute atomic E-state index is 8.89. The SMILES string of the molecule is Cc1cc(Oc2ccc(C(C)C)cc2)ccc1C#N. The number of rotatable bonds is 3. The first-order valence-electron chi connectivity index (χ1n) is 6.38. The summed E-state index contributed by atoms with van der Waals surface area (Å²) < 4.78 is 5.78. The molecule has 0 aliphatic rings. The van der Waals surface area contributed by atoms with Crippen LogP contribution in [0.4, 0.5) is 0 Å². The summed E-state index contributed by atoms with van der Waals surface area (Å²) in [5.41, 5.74) is 2.91. The van der Waals surface area contributed by atoms with Gasteiger partial charge in [-0.3, -0.25) is 0 Å². The molecule has 0 N–H and O–H groups in total. The molecule has 0 radical (unpaired) electrons. The third-order valence-corrected chi connectivity index (χ3v) is 3.10. The van der Waals surface area contributed by atoms with Gasteiger partial charge in [-0.25, -0.2) is 0 Å². The summed E-state index contributed by atoms with van der Waals surface area (Å²) in [4.78, 5) is 0. The fourth-order valence-corrected chi connectivity index (χ4v) is 1.88. The molecule has 2 aromatic rings. The van der Waals surface area contributed by atoms with E-state index in [0.29, 0.717) is 11.5 Å². The Balaban J connectivity index is 2.17. The van der Waals surface area contributed by atoms with Crippen LogP contribution in [0.1, 0.15) is 36.5 Å². The number of hydrogen-bond donors (Lipinski definition) is 0. The van der Waals surface area contributed by atoms with Gasteiger partial charge >= 0.3 is 0 Å². The number of nitriles is 1. The summed E-state index contributed by atoms with van der Waals surface area (Å²) in [5, 5.41) is 8.89. The highest BCUT2D eigenvalue weighted by Crippen LogP contribution is 2.25. The van der Waals surface area contributed by atoms with Crippen molar-refractivity contribution >= 4 is 0 Å². The number of ether oxygens (including phenoxy) is 1. The Labute approximate surface area is 114 Å². The van der Waals surface area contributed by atoms with Crippen LogP contribution in [-0.4, -0.2) is 0 Å². The molecule has 0 unspecified atom stereocenters. The lowest BCUT2D eigenvalue weighted by molar-refractivity contribution is 0.482. The topological polar surface area (TPSA) is 33.0 Å². The summed E-state index contributed by atoms with van der Waals surface area (Å²) in [6, 6.07) is 15.8. The summed E-state index contributed by atoms with van der Waals surface area (Å²) in [5.74, 6) is 2.09. The van der Waals surface area contributed by atoms with Crippen molar-refractivity contribution in [2.45, 2.75) is 26.7 Å². The van der Waals surface area contributed by atoms with Crippen LogP contribution in [0, 0.1) is 18.3 Å². The fourth-order valence-electron chi connectivity index (χ4n) is 1.88. The fraction of sp³-hybridized carbons (Fsp3) is 0.235. The number of nitrogens with zero attached hydrogens (tertiary/aromatic N) is 1. The van der Waals surface area contributed by atoms with E-state index < -0.39 is 0 Å². The van der Waals surface area contributed by atoms with Crippen molar-refractivity contribution in [3.8, 4) is 17.6 Å². The number of benzene rings is 2. The van der Waals surface area contributed by atoms with Crippen LogP contribution in [0.2, 0.25) is 0 Å². The maximum Gasteiger partial charge on any atom is 0.127 e. The summed E-state index contributed by atoms with van der Waals surface area (Å²) in [6.45, 7) is 6.24. The van der Waals surface area contributed by atoms with E-state index in [4.69, 9.17) is 10.00 Å². The second kappa shape index (κ2) is 5.58. The van der Waals surface area contributed by atoms with Gasteiger partial charge in [-0.1, -0.05) is 26.0 Å². The molecule has 0 amide bonds. The Morgan fingerprint density at radius 2 is 1.63 bits per heavy atom. The molecule has 0 fully saturated rings. The first-order chi connectivity index (χ1) is 9.10. The maximum atomic E-state index is 8.89. The Morgan fingerprint density at radius 1 is 1.00 bits per heavy atom. The van der Waals surface area contributed by atoms with Crippen LogP contribution in [0.3, 0.4) is 0 Å².